The van der Waals surface area contributed by atoms with Crippen LogP contribution in [0.1, 0.15) is 125 Å². The summed E-state index contributed by atoms with van der Waals surface area (Å²) in [5.74, 6) is 0.809. The number of hydrogen-bond donors (Lipinski definition) is 0. The third-order valence-electron chi connectivity index (χ3n) is 14.6. The largest absolute Gasteiger partial charge is 0.465 e. The van der Waals surface area contributed by atoms with E-state index in [2.05, 4.69) is 54.5 Å². The van der Waals surface area contributed by atoms with Gasteiger partial charge in [-0.2, -0.15) is 0 Å². The fourth-order valence-electron chi connectivity index (χ4n) is 11.6. The second-order valence-electron chi connectivity index (χ2n) is 17.7. The Labute approximate surface area is 271 Å². The van der Waals surface area contributed by atoms with Crippen molar-refractivity contribution in [1.82, 2.24) is 0 Å². The van der Waals surface area contributed by atoms with Gasteiger partial charge in [0.05, 0.1) is 6.61 Å². The van der Waals surface area contributed by atoms with Crippen molar-refractivity contribution in [3.05, 3.63) is 47.5 Å². The molecular weight excluding hydrogens is 560 g/mol. The van der Waals surface area contributed by atoms with E-state index >= 15 is 0 Å². The molecule has 1 aromatic rings. The normalized spacial score (nSPS) is 39.7. The SMILES string of the molecule is CC1(C)CC[C@]2(COC(=O)CC(=O)OCc3ccccc3)CC[C@]3(C)C(=CCC4[C@@]5(C)CCC(=O)C(C)(C)[C@@H]5CC[C@]43C)[C@@H]2C1. The van der Waals surface area contributed by atoms with E-state index < -0.39 is 11.9 Å². The fourth-order valence-corrected chi connectivity index (χ4v) is 11.6. The second-order valence-corrected chi connectivity index (χ2v) is 17.7. The van der Waals surface area contributed by atoms with Gasteiger partial charge in [-0.05, 0) is 103 Å². The zero-order chi connectivity index (χ0) is 32.5. The Morgan fingerprint density at radius 3 is 2.24 bits per heavy atom. The van der Waals surface area contributed by atoms with Gasteiger partial charge in [0, 0.05) is 17.3 Å². The highest BCUT2D eigenvalue weighted by Crippen LogP contribution is 2.75. The number of ether oxygens (including phenoxy) is 2. The molecule has 5 aliphatic rings. The first-order valence-electron chi connectivity index (χ1n) is 17.7. The van der Waals surface area contributed by atoms with Gasteiger partial charge in [0.1, 0.15) is 18.8 Å². The van der Waals surface area contributed by atoms with E-state index in [-0.39, 0.29) is 45.5 Å². The molecular formula is C40H56O5. The van der Waals surface area contributed by atoms with Crippen molar-refractivity contribution in [1.29, 1.82) is 0 Å². The number of hydrogen-bond acceptors (Lipinski definition) is 5. The van der Waals surface area contributed by atoms with Crippen LogP contribution in [-0.2, 0) is 30.5 Å². The Bertz CT molecular complexity index is 1370. The van der Waals surface area contributed by atoms with Crippen LogP contribution in [0.4, 0.5) is 0 Å². The van der Waals surface area contributed by atoms with Crippen molar-refractivity contribution in [2.45, 2.75) is 126 Å². The smallest absolute Gasteiger partial charge is 0.317 e. The molecule has 0 spiro atoms. The highest BCUT2D eigenvalue weighted by molar-refractivity contribution is 5.91. The van der Waals surface area contributed by atoms with Crippen LogP contribution in [0.25, 0.3) is 0 Å². The van der Waals surface area contributed by atoms with Crippen molar-refractivity contribution in [3.8, 4) is 0 Å². The van der Waals surface area contributed by atoms with E-state index in [1.54, 1.807) is 5.57 Å². The second kappa shape index (κ2) is 11.1. The zero-order valence-corrected chi connectivity index (χ0v) is 28.9. The molecule has 0 bridgehead atoms. The van der Waals surface area contributed by atoms with Crippen molar-refractivity contribution in [2.24, 2.45) is 50.2 Å². The first kappa shape index (κ1) is 32.5. The Kier molecular flexibility index (Phi) is 8.01. The first-order valence-corrected chi connectivity index (χ1v) is 17.7. The Balaban J connectivity index is 1.22. The maximum Gasteiger partial charge on any atom is 0.317 e. The minimum absolute atomic E-state index is 0.0857. The minimum atomic E-state index is -0.537. The van der Waals surface area contributed by atoms with Crippen molar-refractivity contribution in [2.75, 3.05) is 6.61 Å². The van der Waals surface area contributed by atoms with Crippen LogP contribution < -0.4 is 0 Å². The molecule has 0 amide bonds. The number of ketones is 1. The molecule has 45 heavy (non-hydrogen) atoms. The third-order valence-corrected chi connectivity index (χ3v) is 14.6. The number of carbonyl (C=O) groups is 3. The highest BCUT2D eigenvalue weighted by Gasteiger charge is 2.68. The number of Topliss-reactive ketones (excluding diaryl/α,β-unsaturated/α-hetero) is 1. The number of carbonyl (C=O) groups excluding carboxylic acids is 3. The van der Waals surface area contributed by atoms with Crippen LogP contribution in [-0.4, -0.2) is 24.3 Å². The summed E-state index contributed by atoms with van der Waals surface area (Å²) in [4.78, 5) is 38.5. The van der Waals surface area contributed by atoms with Crippen LogP contribution in [0.2, 0.25) is 0 Å². The molecule has 0 N–H and O–H groups in total. The minimum Gasteiger partial charge on any atom is -0.465 e. The molecule has 4 saturated carbocycles. The predicted molar refractivity (Wildman–Crippen MR) is 176 cm³/mol. The zero-order valence-electron chi connectivity index (χ0n) is 28.9. The molecule has 7 atom stereocenters. The number of rotatable bonds is 6. The number of fused-ring (bicyclic) bond motifs is 7. The molecule has 246 valence electrons. The monoisotopic (exact) mass is 616 g/mol. The molecule has 1 aromatic carbocycles. The molecule has 0 aromatic heterocycles. The van der Waals surface area contributed by atoms with E-state index in [9.17, 15) is 14.4 Å². The van der Waals surface area contributed by atoms with Gasteiger partial charge in [0.15, 0.2) is 0 Å². The van der Waals surface area contributed by atoms with Crippen molar-refractivity contribution < 1.29 is 23.9 Å². The van der Waals surface area contributed by atoms with Crippen LogP contribution in [0, 0.1) is 50.2 Å². The maximum absolute atomic E-state index is 13.1. The van der Waals surface area contributed by atoms with Crippen LogP contribution in [0.3, 0.4) is 0 Å². The molecule has 1 unspecified atom stereocenters. The lowest BCUT2D eigenvalue weighted by molar-refractivity contribution is -0.188. The van der Waals surface area contributed by atoms with Gasteiger partial charge < -0.3 is 9.47 Å². The fraction of sp³-hybridized carbons (Fsp3) is 0.725. The lowest BCUT2D eigenvalue weighted by Gasteiger charge is -2.70. The third kappa shape index (κ3) is 5.23. The summed E-state index contributed by atoms with van der Waals surface area (Å²) in [6.45, 7) is 17.5. The van der Waals surface area contributed by atoms with Gasteiger partial charge in [-0.3, -0.25) is 14.4 Å². The van der Waals surface area contributed by atoms with Crippen molar-refractivity contribution in [3.63, 3.8) is 0 Å². The van der Waals surface area contributed by atoms with E-state index in [1.165, 1.54) is 6.42 Å². The summed E-state index contributed by atoms with van der Waals surface area (Å²) in [6, 6.07) is 9.53. The number of allylic oxidation sites excluding steroid dienone is 2. The number of esters is 2. The molecule has 0 radical (unpaired) electrons. The molecule has 0 aliphatic heterocycles. The van der Waals surface area contributed by atoms with Gasteiger partial charge in [-0.15, -0.1) is 0 Å². The molecule has 5 aliphatic carbocycles. The molecule has 5 nitrogen and oxygen atoms in total. The first-order chi connectivity index (χ1) is 21.1. The average Bonchev–Trinajstić information content (AvgIpc) is 2.98. The lowest BCUT2D eigenvalue weighted by atomic mass is 9.33. The van der Waals surface area contributed by atoms with Gasteiger partial charge in [-0.25, -0.2) is 0 Å². The maximum atomic E-state index is 13.1. The van der Waals surface area contributed by atoms with Gasteiger partial charge in [0.2, 0.25) is 0 Å². The quantitative estimate of drug-likeness (QED) is 0.181. The number of benzene rings is 1. The van der Waals surface area contributed by atoms with E-state index in [4.69, 9.17) is 9.47 Å². The van der Waals surface area contributed by atoms with E-state index in [0.29, 0.717) is 36.6 Å². The van der Waals surface area contributed by atoms with Gasteiger partial charge in [0.25, 0.3) is 0 Å². The molecule has 0 heterocycles. The van der Waals surface area contributed by atoms with E-state index in [1.807, 2.05) is 30.3 Å². The summed E-state index contributed by atoms with van der Waals surface area (Å²) in [5, 5.41) is 0. The van der Waals surface area contributed by atoms with Gasteiger partial charge >= 0.3 is 11.9 Å². The summed E-state index contributed by atoms with van der Waals surface area (Å²) < 4.78 is 11.4. The van der Waals surface area contributed by atoms with Crippen molar-refractivity contribution >= 4 is 17.7 Å². The standard InChI is InChI=1S/C40H56O5/c1-35(2)19-21-40(26-45-34(43)23-33(42)44-25-27-11-9-8-10-12-27)22-20-38(6)28(29(40)24-35)13-14-31-37(5)17-16-32(41)36(3,4)30(37)15-18-39(31,38)7/h8-13,29-31H,14-26H2,1-7H3/t29-,30-,31?,37-,38+,39+,40+/m0/s1. The molecule has 4 fully saturated rings. The highest BCUT2D eigenvalue weighted by atomic mass is 16.6. The molecule has 6 rings (SSSR count). The average molecular weight is 617 g/mol. The van der Waals surface area contributed by atoms with Crippen LogP contribution in [0.5, 0.6) is 0 Å². The summed E-state index contributed by atoms with van der Waals surface area (Å²) >= 11 is 0. The molecule has 0 saturated heterocycles. The van der Waals surface area contributed by atoms with Gasteiger partial charge in [-0.1, -0.05) is 90.4 Å². The Morgan fingerprint density at radius 1 is 0.822 bits per heavy atom. The predicted octanol–water partition coefficient (Wildman–Crippen LogP) is 9.03. The van der Waals surface area contributed by atoms with Crippen LogP contribution >= 0.6 is 0 Å². The Morgan fingerprint density at radius 2 is 1.51 bits per heavy atom. The lowest BCUT2D eigenvalue weighted by Crippen LogP contribution is -2.64. The van der Waals surface area contributed by atoms with Crippen LogP contribution in [0.15, 0.2) is 42.0 Å². The summed E-state index contributed by atoms with van der Waals surface area (Å²) in [7, 11) is 0. The topological polar surface area (TPSA) is 69.7 Å². The van der Waals surface area contributed by atoms with E-state index in [0.717, 1.165) is 56.9 Å². The Hall–Kier alpha value is -2.43. The molecule has 5 heteroatoms. The summed E-state index contributed by atoms with van der Waals surface area (Å²) in [6.07, 6.45) is 12.8. The summed E-state index contributed by atoms with van der Waals surface area (Å²) in [5.41, 5.74) is 2.84.